The lowest BCUT2D eigenvalue weighted by atomic mass is 10.5. The van der Waals surface area contributed by atoms with Crippen molar-refractivity contribution in [1.82, 2.24) is 10.6 Å². The van der Waals surface area contributed by atoms with E-state index >= 15 is 0 Å². The third-order valence-corrected chi connectivity index (χ3v) is 1.55. The molecular formula is C8H12N2O3. The summed E-state index contributed by atoms with van der Waals surface area (Å²) in [6, 6.07) is 0.345. The second kappa shape index (κ2) is 4.49. The number of nitrogens with one attached hydrogen (secondary N) is 2. The molecule has 0 radical (unpaired) electrons. The third kappa shape index (κ3) is 4.84. The largest absolute Gasteiger partial charge is 0.478 e. The number of rotatable bonds is 5. The monoisotopic (exact) mass is 184 g/mol. The summed E-state index contributed by atoms with van der Waals surface area (Å²) >= 11 is 0. The van der Waals surface area contributed by atoms with Crippen LogP contribution < -0.4 is 10.6 Å². The van der Waals surface area contributed by atoms with Crippen LogP contribution >= 0.6 is 0 Å². The van der Waals surface area contributed by atoms with E-state index in [4.69, 9.17) is 5.11 Å². The van der Waals surface area contributed by atoms with Crippen molar-refractivity contribution in [2.24, 2.45) is 0 Å². The first-order chi connectivity index (χ1) is 6.18. The molecular weight excluding hydrogens is 172 g/mol. The molecule has 0 saturated heterocycles. The highest BCUT2D eigenvalue weighted by molar-refractivity contribution is 5.80. The molecule has 3 N–H and O–H groups in total. The number of aliphatic carboxylic acids is 1. The normalized spacial score (nSPS) is 15.7. The molecule has 72 valence electrons. The van der Waals surface area contributed by atoms with E-state index in [-0.39, 0.29) is 12.5 Å². The van der Waals surface area contributed by atoms with Crippen LogP contribution in [0.4, 0.5) is 0 Å². The summed E-state index contributed by atoms with van der Waals surface area (Å²) in [6.07, 6.45) is 4.30. The van der Waals surface area contributed by atoms with Crippen LogP contribution in [0.1, 0.15) is 12.8 Å². The van der Waals surface area contributed by atoms with E-state index in [2.05, 4.69) is 10.6 Å². The van der Waals surface area contributed by atoms with Gasteiger partial charge < -0.3 is 15.7 Å². The predicted octanol–water partition coefficient (Wildman–Crippen LogP) is -0.547. The molecule has 0 heterocycles. The van der Waals surface area contributed by atoms with E-state index in [1.54, 1.807) is 0 Å². The smallest absolute Gasteiger partial charge is 0.329 e. The molecule has 1 rings (SSSR count). The Morgan fingerprint density at radius 1 is 1.46 bits per heavy atom. The summed E-state index contributed by atoms with van der Waals surface area (Å²) in [6.45, 7) is 0.125. The molecule has 0 aromatic rings. The number of carbonyl (C=O) groups excluding carboxylic acids is 1. The van der Waals surface area contributed by atoms with Gasteiger partial charge in [0.15, 0.2) is 0 Å². The van der Waals surface area contributed by atoms with Gasteiger partial charge in [-0.3, -0.25) is 4.79 Å². The van der Waals surface area contributed by atoms with Crippen molar-refractivity contribution >= 4 is 11.9 Å². The first-order valence-electron chi connectivity index (χ1n) is 4.10. The van der Waals surface area contributed by atoms with Gasteiger partial charge >= 0.3 is 5.97 Å². The number of hydrogen-bond acceptors (Lipinski definition) is 3. The SMILES string of the molecule is O=C(O)/C=C/NCC(=O)NC1CC1. The molecule has 1 aliphatic rings. The Hall–Kier alpha value is -1.52. The third-order valence-electron chi connectivity index (χ3n) is 1.55. The fraction of sp³-hybridized carbons (Fsp3) is 0.500. The van der Waals surface area contributed by atoms with Crippen LogP contribution in [0, 0.1) is 0 Å². The van der Waals surface area contributed by atoms with Crippen LogP contribution in [0.5, 0.6) is 0 Å². The lowest BCUT2D eigenvalue weighted by molar-refractivity contribution is -0.131. The van der Waals surface area contributed by atoms with Gasteiger partial charge in [-0.05, 0) is 12.8 Å². The molecule has 0 aromatic heterocycles. The van der Waals surface area contributed by atoms with Crippen molar-refractivity contribution in [3.05, 3.63) is 12.3 Å². The van der Waals surface area contributed by atoms with E-state index in [1.807, 2.05) is 0 Å². The molecule has 0 spiro atoms. The van der Waals surface area contributed by atoms with E-state index in [1.165, 1.54) is 6.20 Å². The highest BCUT2D eigenvalue weighted by atomic mass is 16.4. The lowest BCUT2D eigenvalue weighted by Gasteiger charge is -2.01. The van der Waals surface area contributed by atoms with Crippen LogP contribution in [0.15, 0.2) is 12.3 Å². The molecule has 0 bridgehead atoms. The number of carboxylic acids is 1. The van der Waals surface area contributed by atoms with Crippen molar-refractivity contribution in [3.8, 4) is 0 Å². The van der Waals surface area contributed by atoms with Gasteiger partial charge in [0.1, 0.15) is 0 Å². The zero-order valence-corrected chi connectivity index (χ0v) is 7.12. The van der Waals surface area contributed by atoms with Crippen molar-refractivity contribution in [3.63, 3.8) is 0 Å². The molecule has 5 heteroatoms. The Labute approximate surface area is 75.8 Å². The lowest BCUT2D eigenvalue weighted by Crippen LogP contribution is -2.33. The van der Waals surface area contributed by atoms with E-state index in [9.17, 15) is 9.59 Å². The molecule has 0 atom stereocenters. The maximum atomic E-state index is 11.0. The van der Waals surface area contributed by atoms with Gasteiger partial charge in [-0.25, -0.2) is 4.79 Å². The van der Waals surface area contributed by atoms with Crippen LogP contribution in [0.3, 0.4) is 0 Å². The predicted molar refractivity (Wildman–Crippen MR) is 45.9 cm³/mol. The van der Waals surface area contributed by atoms with Crippen LogP contribution in [-0.4, -0.2) is 29.6 Å². The van der Waals surface area contributed by atoms with Gasteiger partial charge in [0.2, 0.25) is 5.91 Å². The molecule has 1 aliphatic carbocycles. The molecule has 1 fully saturated rings. The Bertz CT molecular complexity index is 234. The van der Waals surface area contributed by atoms with Gasteiger partial charge in [0, 0.05) is 18.3 Å². The molecule has 1 saturated carbocycles. The fourth-order valence-corrected chi connectivity index (χ4v) is 0.788. The number of carbonyl (C=O) groups is 2. The highest BCUT2D eigenvalue weighted by Crippen LogP contribution is 2.17. The van der Waals surface area contributed by atoms with E-state index in [0.29, 0.717) is 6.04 Å². The minimum absolute atomic E-state index is 0.0995. The second-order valence-corrected chi connectivity index (χ2v) is 2.89. The standard InChI is InChI=1S/C8H12N2O3/c11-7(10-6-1-2-6)5-9-4-3-8(12)13/h3-4,6,9H,1-2,5H2,(H,10,11)(H,12,13)/b4-3+. The van der Waals surface area contributed by atoms with E-state index < -0.39 is 5.97 Å². The maximum absolute atomic E-state index is 11.0. The first kappa shape index (κ1) is 9.57. The molecule has 5 nitrogen and oxygen atoms in total. The van der Waals surface area contributed by atoms with Gasteiger partial charge in [-0.1, -0.05) is 0 Å². The minimum Gasteiger partial charge on any atom is -0.478 e. The van der Waals surface area contributed by atoms with Crippen molar-refractivity contribution in [1.29, 1.82) is 0 Å². The van der Waals surface area contributed by atoms with Gasteiger partial charge in [-0.2, -0.15) is 0 Å². The van der Waals surface area contributed by atoms with Gasteiger partial charge in [0.05, 0.1) is 6.54 Å². The zero-order chi connectivity index (χ0) is 9.68. The maximum Gasteiger partial charge on any atom is 0.329 e. The Morgan fingerprint density at radius 2 is 2.15 bits per heavy atom. The molecule has 0 aromatic carbocycles. The van der Waals surface area contributed by atoms with E-state index in [0.717, 1.165) is 18.9 Å². The van der Waals surface area contributed by atoms with Crippen molar-refractivity contribution < 1.29 is 14.7 Å². The Balaban J connectivity index is 2.03. The zero-order valence-electron chi connectivity index (χ0n) is 7.12. The minimum atomic E-state index is -1.03. The topological polar surface area (TPSA) is 78.4 Å². The molecule has 0 unspecified atom stereocenters. The summed E-state index contributed by atoms with van der Waals surface area (Å²) in [7, 11) is 0. The molecule has 13 heavy (non-hydrogen) atoms. The van der Waals surface area contributed by atoms with Crippen LogP contribution in [0.25, 0.3) is 0 Å². The quantitative estimate of drug-likeness (QED) is 0.501. The van der Waals surface area contributed by atoms with Crippen molar-refractivity contribution in [2.75, 3.05) is 6.54 Å². The van der Waals surface area contributed by atoms with Crippen LogP contribution in [-0.2, 0) is 9.59 Å². The van der Waals surface area contributed by atoms with Gasteiger partial charge in [0.25, 0.3) is 0 Å². The highest BCUT2D eigenvalue weighted by Gasteiger charge is 2.22. The average molecular weight is 184 g/mol. The average Bonchev–Trinajstić information content (AvgIpc) is 2.81. The van der Waals surface area contributed by atoms with Gasteiger partial charge in [-0.15, -0.1) is 0 Å². The number of amides is 1. The summed E-state index contributed by atoms with van der Waals surface area (Å²) < 4.78 is 0. The summed E-state index contributed by atoms with van der Waals surface area (Å²) in [4.78, 5) is 21.0. The second-order valence-electron chi connectivity index (χ2n) is 2.89. The van der Waals surface area contributed by atoms with Crippen LogP contribution in [0.2, 0.25) is 0 Å². The first-order valence-corrected chi connectivity index (χ1v) is 4.10. The molecule has 1 amide bonds. The summed E-state index contributed by atoms with van der Waals surface area (Å²) in [5.41, 5.74) is 0. The summed E-state index contributed by atoms with van der Waals surface area (Å²) in [5, 5.41) is 13.5. The molecule has 0 aliphatic heterocycles. The summed E-state index contributed by atoms with van der Waals surface area (Å²) in [5.74, 6) is -1.13. The van der Waals surface area contributed by atoms with Crippen molar-refractivity contribution in [2.45, 2.75) is 18.9 Å². The number of hydrogen-bond donors (Lipinski definition) is 3. The Kier molecular flexibility index (Phi) is 3.31. The fourth-order valence-electron chi connectivity index (χ4n) is 0.788. The Morgan fingerprint density at radius 3 is 2.69 bits per heavy atom. The number of carboxylic acid groups (broad SMARTS) is 1.